The normalized spacial score (nSPS) is 25.7. The molecule has 0 unspecified atom stereocenters. The Balaban J connectivity index is 0.000000980. The summed E-state index contributed by atoms with van der Waals surface area (Å²) in [4.78, 5) is 11.9. The molecule has 0 bridgehead atoms. The molecule has 1 fully saturated rings. The van der Waals surface area contributed by atoms with Crippen LogP contribution in [-0.2, 0) is 4.79 Å². The van der Waals surface area contributed by atoms with Crippen molar-refractivity contribution < 1.29 is 9.90 Å². The number of aliphatic carboxylic acids is 1. The van der Waals surface area contributed by atoms with E-state index < -0.39 is 5.97 Å². The van der Waals surface area contributed by atoms with Gasteiger partial charge in [0.1, 0.15) is 6.04 Å². The predicted octanol–water partition coefficient (Wildman–Crippen LogP) is 2.05. The van der Waals surface area contributed by atoms with E-state index in [0.29, 0.717) is 0 Å². The molecule has 14 heavy (non-hydrogen) atoms. The van der Waals surface area contributed by atoms with Gasteiger partial charge in [-0.3, -0.25) is 10.1 Å². The highest BCUT2D eigenvalue weighted by molar-refractivity contribution is 7.10. The third-order valence-corrected chi connectivity index (χ3v) is 3.32. The lowest BCUT2D eigenvalue weighted by Gasteiger charge is -2.08. The summed E-state index contributed by atoms with van der Waals surface area (Å²) < 4.78 is 0. The lowest BCUT2D eigenvalue weighted by molar-refractivity contribution is -0.139. The molecule has 0 saturated carbocycles. The highest BCUT2D eigenvalue weighted by atomic mass is 35.5. The second kappa shape index (κ2) is 4.77. The van der Waals surface area contributed by atoms with Gasteiger partial charge >= 0.3 is 5.97 Å². The molecule has 1 aromatic rings. The molecule has 1 aliphatic heterocycles. The van der Waals surface area contributed by atoms with E-state index in [-0.39, 0.29) is 24.5 Å². The number of nitrogens with one attached hydrogen (secondary N) is 1. The minimum atomic E-state index is -0.737. The number of rotatable bonds is 2. The number of carboxylic acid groups (broad SMARTS) is 1. The van der Waals surface area contributed by atoms with E-state index in [0.717, 1.165) is 12.8 Å². The molecule has 0 spiro atoms. The van der Waals surface area contributed by atoms with Gasteiger partial charge in [0.25, 0.3) is 0 Å². The summed E-state index contributed by atoms with van der Waals surface area (Å²) in [5, 5.41) is 13.9. The molecule has 2 N–H and O–H groups in total. The largest absolute Gasteiger partial charge is 0.480 e. The van der Waals surface area contributed by atoms with Gasteiger partial charge in [0.05, 0.1) is 0 Å². The Kier molecular flexibility index (Phi) is 3.92. The van der Waals surface area contributed by atoms with Crippen LogP contribution in [0.1, 0.15) is 23.8 Å². The number of hydrogen-bond donors (Lipinski definition) is 2. The van der Waals surface area contributed by atoms with Crippen LogP contribution < -0.4 is 5.32 Å². The first-order chi connectivity index (χ1) is 6.27. The van der Waals surface area contributed by atoms with Crippen molar-refractivity contribution in [3.63, 3.8) is 0 Å². The van der Waals surface area contributed by atoms with Crippen molar-refractivity contribution in [3.8, 4) is 0 Å². The first kappa shape index (κ1) is 11.5. The molecule has 0 aromatic carbocycles. The van der Waals surface area contributed by atoms with Gasteiger partial charge in [0.2, 0.25) is 0 Å². The summed E-state index contributed by atoms with van der Waals surface area (Å²) in [6.45, 7) is 0. The van der Waals surface area contributed by atoms with E-state index in [2.05, 4.69) is 5.32 Å². The maximum atomic E-state index is 10.7. The maximum absolute atomic E-state index is 10.7. The minimum Gasteiger partial charge on any atom is -0.480 e. The Bertz CT molecular complexity index is 302. The molecule has 2 rings (SSSR count). The van der Waals surface area contributed by atoms with Crippen molar-refractivity contribution in [2.24, 2.45) is 0 Å². The summed E-state index contributed by atoms with van der Waals surface area (Å²) in [6.07, 6.45) is 1.66. The third kappa shape index (κ3) is 2.26. The van der Waals surface area contributed by atoms with Gasteiger partial charge in [-0.15, -0.1) is 23.7 Å². The van der Waals surface area contributed by atoms with Gasteiger partial charge in [0.15, 0.2) is 0 Å². The Morgan fingerprint density at radius 1 is 1.57 bits per heavy atom. The molecule has 5 heteroatoms. The summed E-state index contributed by atoms with van der Waals surface area (Å²) in [7, 11) is 0. The zero-order valence-electron chi connectivity index (χ0n) is 7.47. The summed E-state index contributed by atoms with van der Waals surface area (Å²) in [5.74, 6) is -0.737. The van der Waals surface area contributed by atoms with Crippen LogP contribution in [0.2, 0.25) is 0 Å². The first-order valence-electron chi connectivity index (χ1n) is 4.29. The van der Waals surface area contributed by atoms with Gasteiger partial charge in [-0.25, -0.2) is 0 Å². The topological polar surface area (TPSA) is 49.3 Å². The quantitative estimate of drug-likeness (QED) is 0.822. The summed E-state index contributed by atoms with van der Waals surface area (Å²) in [6, 6.07) is 3.94. The van der Waals surface area contributed by atoms with Crippen molar-refractivity contribution in [2.45, 2.75) is 24.9 Å². The fourth-order valence-corrected chi connectivity index (χ4v) is 2.47. The smallest absolute Gasteiger partial charge is 0.320 e. The van der Waals surface area contributed by atoms with Gasteiger partial charge in [-0.2, -0.15) is 0 Å². The van der Waals surface area contributed by atoms with E-state index in [1.165, 1.54) is 4.88 Å². The average Bonchev–Trinajstić information content (AvgIpc) is 2.75. The van der Waals surface area contributed by atoms with Crippen LogP contribution in [0.15, 0.2) is 17.5 Å². The molecule has 0 radical (unpaired) electrons. The van der Waals surface area contributed by atoms with Crippen LogP contribution in [0, 0.1) is 0 Å². The number of hydrogen-bond acceptors (Lipinski definition) is 3. The highest BCUT2D eigenvalue weighted by Crippen LogP contribution is 2.29. The Labute approximate surface area is 92.5 Å². The van der Waals surface area contributed by atoms with E-state index >= 15 is 0 Å². The first-order valence-corrected chi connectivity index (χ1v) is 5.17. The third-order valence-electron chi connectivity index (χ3n) is 2.33. The van der Waals surface area contributed by atoms with E-state index in [9.17, 15) is 4.79 Å². The lowest BCUT2D eigenvalue weighted by Crippen LogP contribution is -2.31. The molecule has 0 aliphatic carbocycles. The number of halogens is 1. The minimum absolute atomic E-state index is 0. The van der Waals surface area contributed by atoms with Crippen LogP contribution in [0.3, 0.4) is 0 Å². The Hall–Kier alpha value is -0.580. The monoisotopic (exact) mass is 233 g/mol. The van der Waals surface area contributed by atoms with Crippen molar-refractivity contribution in [2.75, 3.05) is 0 Å². The average molecular weight is 234 g/mol. The van der Waals surface area contributed by atoms with Crippen LogP contribution >= 0.6 is 23.7 Å². The molecule has 2 atom stereocenters. The van der Waals surface area contributed by atoms with Crippen molar-refractivity contribution in [3.05, 3.63) is 22.4 Å². The molecule has 1 saturated heterocycles. The zero-order valence-corrected chi connectivity index (χ0v) is 9.11. The van der Waals surface area contributed by atoms with E-state index in [4.69, 9.17) is 5.11 Å². The Morgan fingerprint density at radius 2 is 2.36 bits per heavy atom. The van der Waals surface area contributed by atoms with E-state index in [1.54, 1.807) is 11.3 Å². The van der Waals surface area contributed by atoms with Gasteiger partial charge < -0.3 is 5.11 Å². The number of carbonyl (C=O) groups is 1. The fourth-order valence-electron chi connectivity index (χ4n) is 1.65. The molecular weight excluding hydrogens is 222 g/mol. The molecule has 2 heterocycles. The molecule has 3 nitrogen and oxygen atoms in total. The van der Waals surface area contributed by atoms with Gasteiger partial charge in [-0.1, -0.05) is 6.07 Å². The number of thiophene rings is 1. The van der Waals surface area contributed by atoms with Crippen molar-refractivity contribution in [1.29, 1.82) is 0 Å². The molecule has 1 aliphatic rings. The van der Waals surface area contributed by atoms with Crippen molar-refractivity contribution in [1.82, 2.24) is 5.32 Å². The van der Waals surface area contributed by atoms with Gasteiger partial charge in [-0.05, 0) is 24.3 Å². The van der Waals surface area contributed by atoms with Gasteiger partial charge in [0, 0.05) is 10.9 Å². The summed E-state index contributed by atoms with van der Waals surface area (Å²) >= 11 is 1.68. The van der Waals surface area contributed by atoms with Crippen LogP contribution in [0.25, 0.3) is 0 Å². The van der Waals surface area contributed by atoms with Crippen molar-refractivity contribution >= 4 is 29.7 Å². The molecule has 78 valence electrons. The second-order valence-corrected chi connectivity index (χ2v) is 4.18. The molecular formula is C9H12ClNO2S. The Morgan fingerprint density at radius 3 is 2.86 bits per heavy atom. The highest BCUT2D eigenvalue weighted by Gasteiger charge is 2.29. The fraction of sp³-hybridized carbons (Fsp3) is 0.444. The van der Waals surface area contributed by atoms with E-state index in [1.807, 2.05) is 17.5 Å². The standard InChI is InChI=1S/C9H11NO2S.ClH/c11-9(12)7-4-3-6(10-7)8-2-1-5-13-8;/h1-2,5-7,10H,3-4H2,(H,11,12);1H/t6-,7-;/m0./s1. The number of carboxylic acids is 1. The maximum Gasteiger partial charge on any atom is 0.320 e. The lowest BCUT2D eigenvalue weighted by atomic mass is 10.2. The van der Waals surface area contributed by atoms with Crippen LogP contribution in [0.5, 0.6) is 0 Å². The summed E-state index contributed by atoms with van der Waals surface area (Å²) in [5.41, 5.74) is 0. The second-order valence-electron chi connectivity index (χ2n) is 3.20. The van der Waals surface area contributed by atoms with Crippen LogP contribution in [-0.4, -0.2) is 17.1 Å². The predicted molar refractivity (Wildman–Crippen MR) is 58.1 cm³/mol. The zero-order chi connectivity index (χ0) is 9.26. The SMILES string of the molecule is Cl.O=C(O)[C@@H]1CC[C@@H](c2cccs2)N1. The molecule has 1 aromatic heterocycles. The van der Waals surface area contributed by atoms with Crippen LogP contribution in [0.4, 0.5) is 0 Å². The molecule has 0 amide bonds.